The number of amides is 1. The lowest BCUT2D eigenvalue weighted by molar-refractivity contribution is 0.0962. The van der Waals surface area contributed by atoms with Crippen LogP contribution in [0.15, 0.2) is 48.9 Å². The SMILES string of the molecule is CCCNc1ccc(-c2cc(NC[C@@H](C)C(C)c3ccc(C(=O)NC)cc3OC)ncn2)cn1. The topological polar surface area (TPSA) is 101 Å². The van der Waals surface area contributed by atoms with E-state index in [1.807, 2.05) is 36.5 Å². The van der Waals surface area contributed by atoms with Crippen LogP contribution >= 0.6 is 0 Å². The fourth-order valence-electron chi connectivity index (χ4n) is 3.64. The predicted octanol–water partition coefficient (Wildman–Crippen LogP) is 4.58. The number of benzene rings is 1. The molecule has 0 saturated heterocycles. The molecule has 3 N–H and O–H groups in total. The van der Waals surface area contributed by atoms with E-state index in [1.165, 1.54) is 0 Å². The van der Waals surface area contributed by atoms with Gasteiger partial charge >= 0.3 is 0 Å². The Hall–Kier alpha value is -3.68. The number of carbonyl (C=O) groups excluding carboxylic acids is 1. The zero-order valence-corrected chi connectivity index (χ0v) is 20.6. The number of methoxy groups -OCH3 is 1. The first-order valence-electron chi connectivity index (χ1n) is 11.6. The van der Waals surface area contributed by atoms with Gasteiger partial charge in [0, 0.05) is 43.5 Å². The van der Waals surface area contributed by atoms with Gasteiger partial charge in [-0.2, -0.15) is 0 Å². The average molecular weight is 463 g/mol. The Morgan fingerprint density at radius 3 is 2.53 bits per heavy atom. The van der Waals surface area contributed by atoms with E-state index in [0.717, 1.165) is 48.0 Å². The van der Waals surface area contributed by atoms with Gasteiger partial charge in [-0.05, 0) is 48.1 Å². The van der Waals surface area contributed by atoms with Crippen LogP contribution in [0.4, 0.5) is 11.6 Å². The number of ether oxygens (including phenoxy) is 1. The van der Waals surface area contributed by atoms with E-state index in [0.29, 0.717) is 11.3 Å². The molecule has 2 aromatic heterocycles. The number of hydrogen-bond acceptors (Lipinski definition) is 7. The fraction of sp³-hybridized carbons (Fsp3) is 0.385. The van der Waals surface area contributed by atoms with E-state index in [2.05, 4.69) is 51.7 Å². The molecule has 8 heteroatoms. The number of rotatable bonds is 11. The van der Waals surface area contributed by atoms with E-state index < -0.39 is 0 Å². The highest BCUT2D eigenvalue weighted by molar-refractivity contribution is 5.94. The van der Waals surface area contributed by atoms with Crippen molar-refractivity contribution in [3.8, 4) is 17.0 Å². The first-order valence-corrected chi connectivity index (χ1v) is 11.6. The summed E-state index contributed by atoms with van der Waals surface area (Å²) in [6, 6.07) is 11.5. The largest absolute Gasteiger partial charge is 0.496 e. The molecule has 2 atom stereocenters. The van der Waals surface area contributed by atoms with Crippen LogP contribution in [0.3, 0.4) is 0 Å². The Kier molecular flexibility index (Phi) is 8.79. The molecule has 1 aromatic carbocycles. The Morgan fingerprint density at radius 2 is 1.85 bits per heavy atom. The normalized spacial score (nSPS) is 12.5. The van der Waals surface area contributed by atoms with Crippen LogP contribution < -0.4 is 20.7 Å². The smallest absolute Gasteiger partial charge is 0.251 e. The third-order valence-electron chi connectivity index (χ3n) is 5.95. The molecule has 3 rings (SSSR count). The quantitative estimate of drug-likeness (QED) is 0.383. The summed E-state index contributed by atoms with van der Waals surface area (Å²) >= 11 is 0. The lowest BCUT2D eigenvalue weighted by atomic mass is 9.87. The molecular weight excluding hydrogens is 428 g/mol. The maximum absolute atomic E-state index is 11.9. The number of aromatic nitrogens is 3. The number of hydrogen-bond donors (Lipinski definition) is 3. The van der Waals surface area contributed by atoms with Crippen molar-refractivity contribution >= 4 is 17.5 Å². The molecule has 0 fully saturated rings. The first kappa shape index (κ1) is 25.0. The summed E-state index contributed by atoms with van der Waals surface area (Å²) < 4.78 is 5.58. The number of carbonyl (C=O) groups is 1. The zero-order valence-electron chi connectivity index (χ0n) is 20.6. The lowest BCUT2D eigenvalue weighted by Gasteiger charge is -2.23. The van der Waals surface area contributed by atoms with Crippen LogP contribution in [0.25, 0.3) is 11.3 Å². The van der Waals surface area contributed by atoms with Gasteiger partial charge < -0.3 is 20.7 Å². The van der Waals surface area contributed by atoms with Crippen LogP contribution in [0, 0.1) is 5.92 Å². The molecule has 0 bridgehead atoms. The van der Waals surface area contributed by atoms with Crippen LogP contribution in [0.2, 0.25) is 0 Å². The molecule has 2 heterocycles. The van der Waals surface area contributed by atoms with Crippen LogP contribution in [0.1, 0.15) is 49.0 Å². The van der Waals surface area contributed by atoms with Crippen molar-refractivity contribution in [2.75, 3.05) is 37.9 Å². The van der Waals surface area contributed by atoms with Crippen LogP contribution in [0.5, 0.6) is 5.75 Å². The molecule has 34 heavy (non-hydrogen) atoms. The third-order valence-corrected chi connectivity index (χ3v) is 5.95. The summed E-state index contributed by atoms with van der Waals surface area (Å²) in [7, 11) is 3.25. The maximum atomic E-state index is 11.9. The standard InChI is InChI=1S/C26H34N6O2/c1-6-11-28-24-10-8-20(15-30-24)22-13-25(32-16-31-22)29-14-17(2)18(3)21-9-7-19(26(33)27-4)12-23(21)34-5/h7-10,12-13,15-18H,6,11,14H2,1-5H3,(H,27,33)(H,28,30)(H,29,31,32)/t17-,18?/m1/s1. The van der Waals surface area contributed by atoms with Gasteiger partial charge in [0.05, 0.1) is 12.8 Å². The van der Waals surface area contributed by atoms with Crippen molar-refractivity contribution in [1.29, 1.82) is 0 Å². The van der Waals surface area contributed by atoms with Crippen molar-refractivity contribution in [3.05, 3.63) is 60.0 Å². The molecule has 8 nitrogen and oxygen atoms in total. The molecule has 0 spiro atoms. The summed E-state index contributed by atoms with van der Waals surface area (Å²) in [5.74, 6) is 2.69. The van der Waals surface area contributed by atoms with E-state index in [1.54, 1.807) is 26.6 Å². The average Bonchev–Trinajstić information content (AvgIpc) is 2.89. The van der Waals surface area contributed by atoms with Crippen molar-refractivity contribution < 1.29 is 9.53 Å². The second-order valence-corrected chi connectivity index (χ2v) is 8.33. The summed E-state index contributed by atoms with van der Waals surface area (Å²) in [5.41, 5.74) is 3.41. The van der Waals surface area contributed by atoms with Gasteiger partial charge in [0.25, 0.3) is 5.91 Å². The highest BCUT2D eigenvalue weighted by Crippen LogP contribution is 2.33. The predicted molar refractivity (Wildman–Crippen MR) is 136 cm³/mol. The third kappa shape index (κ3) is 6.21. The second-order valence-electron chi connectivity index (χ2n) is 8.33. The van der Waals surface area contributed by atoms with Crippen molar-refractivity contribution in [2.45, 2.75) is 33.1 Å². The van der Waals surface area contributed by atoms with Crippen LogP contribution in [-0.2, 0) is 0 Å². The minimum absolute atomic E-state index is 0.131. The summed E-state index contributed by atoms with van der Waals surface area (Å²) in [4.78, 5) is 25.2. The highest BCUT2D eigenvalue weighted by Gasteiger charge is 2.20. The van der Waals surface area contributed by atoms with Gasteiger partial charge in [0.15, 0.2) is 0 Å². The number of anilines is 2. The Bertz CT molecular complexity index is 1090. The highest BCUT2D eigenvalue weighted by atomic mass is 16.5. The molecule has 1 amide bonds. The van der Waals surface area contributed by atoms with Gasteiger partial charge in [-0.15, -0.1) is 0 Å². The zero-order chi connectivity index (χ0) is 24.5. The minimum Gasteiger partial charge on any atom is -0.496 e. The maximum Gasteiger partial charge on any atom is 0.251 e. The summed E-state index contributed by atoms with van der Waals surface area (Å²) in [6.45, 7) is 8.08. The van der Waals surface area contributed by atoms with Crippen LogP contribution in [-0.4, -0.2) is 48.1 Å². The molecule has 180 valence electrons. The number of nitrogens with zero attached hydrogens (tertiary/aromatic N) is 3. The molecule has 1 unspecified atom stereocenters. The monoisotopic (exact) mass is 462 g/mol. The molecule has 3 aromatic rings. The molecular formula is C26H34N6O2. The van der Waals surface area contributed by atoms with E-state index >= 15 is 0 Å². The van der Waals surface area contributed by atoms with E-state index in [-0.39, 0.29) is 17.7 Å². The lowest BCUT2D eigenvalue weighted by Crippen LogP contribution is -2.20. The molecule has 0 saturated carbocycles. The van der Waals surface area contributed by atoms with Crippen molar-refractivity contribution in [3.63, 3.8) is 0 Å². The number of pyridine rings is 1. The summed E-state index contributed by atoms with van der Waals surface area (Å²) in [6.07, 6.45) is 4.44. The van der Waals surface area contributed by atoms with Gasteiger partial charge in [-0.3, -0.25) is 4.79 Å². The Labute approximate surface area is 201 Å². The van der Waals surface area contributed by atoms with Gasteiger partial charge in [0.2, 0.25) is 0 Å². The molecule has 0 radical (unpaired) electrons. The second kappa shape index (κ2) is 12.0. The van der Waals surface area contributed by atoms with Gasteiger partial charge in [-0.1, -0.05) is 26.8 Å². The molecule has 0 aliphatic carbocycles. The van der Waals surface area contributed by atoms with Gasteiger partial charge in [-0.25, -0.2) is 15.0 Å². The fourth-order valence-corrected chi connectivity index (χ4v) is 3.64. The Balaban J connectivity index is 1.66. The van der Waals surface area contributed by atoms with Crippen molar-refractivity contribution in [2.24, 2.45) is 5.92 Å². The Morgan fingerprint density at radius 1 is 1.03 bits per heavy atom. The molecule has 0 aliphatic rings. The number of nitrogens with one attached hydrogen (secondary N) is 3. The van der Waals surface area contributed by atoms with Gasteiger partial charge in [0.1, 0.15) is 23.7 Å². The first-order chi connectivity index (χ1) is 16.5. The van der Waals surface area contributed by atoms with E-state index in [9.17, 15) is 4.79 Å². The molecule has 0 aliphatic heterocycles. The van der Waals surface area contributed by atoms with E-state index in [4.69, 9.17) is 4.74 Å². The minimum atomic E-state index is -0.131. The summed E-state index contributed by atoms with van der Waals surface area (Å²) in [5, 5.41) is 9.35. The van der Waals surface area contributed by atoms with Crippen molar-refractivity contribution in [1.82, 2.24) is 20.3 Å².